The van der Waals surface area contributed by atoms with Gasteiger partial charge in [-0.3, -0.25) is 19.6 Å². The summed E-state index contributed by atoms with van der Waals surface area (Å²) in [6, 6.07) is 24.5. The average Bonchev–Trinajstić information content (AvgIpc) is 3.58. The van der Waals surface area contributed by atoms with Crippen molar-refractivity contribution in [2.45, 2.75) is 40.0 Å². The van der Waals surface area contributed by atoms with E-state index in [1.54, 1.807) is 24.8 Å². The number of benzene rings is 2. The smallest absolute Gasteiger partial charge is 0.154 e. The molecule has 0 saturated heterocycles. The molecule has 0 radical (unpaired) electrons. The minimum absolute atomic E-state index is 0.445. The summed E-state index contributed by atoms with van der Waals surface area (Å²) in [6.45, 7) is 7.62. The first-order valence-corrected chi connectivity index (χ1v) is 15.0. The maximum atomic E-state index is 4.96. The average molecular weight is 607 g/mol. The van der Waals surface area contributed by atoms with Gasteiger partial charge in [0.2, 0.25) is 0 Å². The lowest BCUT2D eigenvalue weighted by molar-refractivity contribution is 0.538. The SMILES string of the molecule is Cc1nccc(N2c3ccccc3N(c3ccnc(C)n3)C2C2N(c3ccnc(C)n3)c3ccccc3N2c2ccnc(C)n2)n1. The fourth-order valence-electron chi connectivity index (χ4n) is 6.42. The third-order valence-electron chi connectivity index (χ3n) is 8.16. The first-order chi connectivity index (χ1) is 22.5. The van der Waals surface area contributed by atoms with E-state index in [4.69, 9.17) is 19.9 Å². The van der Waals surface area contributed by atoms with Crippen molar-refractivity contribution in [3.63, 3.8) is 0 Å². The van der Waals surface area contributed by atoms with Crippen molar-refractivity contribution in [3.8, 4) is 0 Å². The molecule has 0 fully saturated rings. The number of para-hydroxylation sites is 4. The first kappa shape index (κ1) is 27.5. The Morgan fingerprint density at radius 2 is 0.609 bits per heavy atom. The van der Waals surface area contributed by atoms with Crippen LogP contribution in [0.15, 0.2) is 97.6 Å². The molecule has 8 rings (SSSR count). The highest BCUT2D eigenvalue weighted by molar-refractivity contribution is 5.92. The summed E-state index contributed by atoms with van der Waals surface area (Å²) in [5, 5.41) is 0. The van der Waals surface area contributed by atoms with E-state index < -0.39 is 12.3 Å². The molecule has 0 atom stereocenters. The summed E-state index contributed by atoms with van der Waals surface area (Å²) in [7, 11) is 0. The van der Waals surface area contributed by atoms with E-state index in [0.29, 0.717) is 23.3 Å². The Balaban J connectivity index is 1.46. The zero-order valence-electron chi connectivity index (χ0n) is 25.8. The van der Waals surface area contributed by atoms with Gasteiger partial charge in [-0.15, -0.1) is 0 Å². The standard InChI is InChI=1S/C34H30N12/c1-21-35-17-13-29(39-21)43-25-9-5-6-10-26(25)44(30-14-18-36-22(2)40-30)33(43)34-45(31-15-19-37-23(3)41-31)27-11-7-8-12-28(27)46(34)32-16-20-38-24(4)42-32/h5-20,33-34H,1-4H3. The molecule has 2 aliphatic heterocycles. The zero-order chi connectivity index (χ0) is 31.4. The van der Waals surface area contributed by atoms with Gasteiger partial charge in [0.15, 0.2) is 12.3 Å². The lowest BCUT2D eigenvalue weighted by Gasteiger charge is -2.43. The fraction of sp³-hybridized carbons (Fsp3) is 0.176. The number of aromatic nitrogens is 8. The van der Waals surface area contributed by atoms with Gasteiger partial charge in [-0.2, -0.15) is 0 Å². The fourth-order valence-corrected chi connectivity index (χ4v) is 6.42. The number of hydrogen-bond donors (Lipinski definition) is 0. The quantitative estimate of drug-likeness (QED) is 0.229. The highest BCUT2D eigenvalue weighted by Gasteiger charge is 2.53. The Kier molecular flexibility index (Phi) is 6.48. The Labute approximate surface area is 266 Å². The summed E-state index contributed by atoms with van der Waals surface area (Å²) < 4.78 is 0. The van der Waals surface area contributed by atoms with E-state index in [2.05, 4.69) is 63.8 Å². The van der Waals surface area contributed by atoms with Gasteiger partial charge in [0.25, 0.3) is 0 Å². The molecule has 2 aromatic carbocycles. The second kappa shape index (κ2) is 10.8. The Morgan fingerprint density at radius 1 is 0.370 bits per heavy atom. The van der Waals surface area contributed by atoms with Crippen LogP contribution >= 0.6 is 0 Å². The first-order valence-electron chi connectivity index (χ1n) is 15.0. The molecule has 4 aromatic heterocycles. The number of rotatable bonds is 5. The van der Waals surface area contributed by atoms with E-state index >= 15 is 0 Å². The third kappa shape index (κ3) is 4.45. The van der Waals surface area contributed by atoms with E-state index in [1.165, 1.54) is 0 Å². The summed E-state index contributed by atoms with van der Waals surface area (Å²) >= 11 is 0. The van der Waals surface area contributed by atoms with E-state index in [9.17, 15) is 0 Å². The molecule has 0 aliphatic carbocycles. The van der Waals surface area contributed by atoms with Gasteiger partial charge in [-0.1, -0.05) is 24.3 Å². The third-order valence-corrected chi connectivity index (χ3v) is 8.16. The lowest BCUT2D eigenvalue weighted by atomic mass is 10.2. The van der Waals surface area contributed by atoms with Gasteiger partial charge in [-0.05, 0) is 76.2 Å². The predicted octanol–water partition coefficient (Wildman–Crippen LogP) is 6.01. The maximum absolute atomic E-state index is 4.96. The molecular weight excluding hydrogens is 576 g/mol. The van der Waals surface area contributed by atoms with E-state index in [-0.39, 0.29) is 0 Å². The molecule has 0 saturated carbocycles. The maximum Gasteiger partial charge on any atom is 0.154 e. The van der Waals surface area contributed by atoms with Crippen molar-refractivity contribution in [1.82, 2.24) is 39.9 Å². The van der Waals surface area contributed by atoms with Crippen LogP contribution in [0.5, 0.6) is 0 Å². The van der Waals surface area contributed by atoms with Crippen LogP contribution in [-0.2, 0) is 0 Å². The number of nitrogens with zero attached hydrogens (tertiary/aromatic N) is 12. The number of fused-ring (bicyclic) bond motifs is 2. The molecule has 0 unspecified atom stereocenters. The molecule has 0 amide bonds. The Hall–Kier alpha value is -6.04. The van der Waals surface area contributed by atoms with Crippen LogP contribution in [0.25, 0.3) is 0 Å². The van der Waals surface area contributed by atoms with E-state index in [0.717, 1.165) is 46.0 Å². The molecular formula is C34H30N12. The second-order valence-electron chi connectivity index (χ2n) is 11.1. The van der Waals surface area contributed by atoms with Crippen molar-refractivity contribution in [3.05, 3.63) is 121 Å². The molecule has 0 spiro atoms. The Bertz CT molecular complexity index is 1790. The molecule has 6 aromatic rings. The van der Waals surface area contributed by atoms with E-state index in [1.807, 2.05) is 76.2 Å². The van der Waals surface area contributed by atoms with Crippen LogP contribution in [-0.4, -0.2) is 52.2 Å². The van der Waals surface area contributed by atoms with Gasteiger partial charge < -0.3 is 0 Å². The highest BCUT2D eigenvalue weighted by atomic mass is 15.6. The van der Waals surface area contributed by atoms with Gasteiger partial charge in [0, 0.05) is 24.8 Å². The van der Waals surface area contributed by atoms with Crippen molar-refractivity contribution in [2.24, 2.45) is 0 Å². The normalized spacial score (nSPS) is 14.6. The summed E-state index contributed by atoms with van der Waals surface area (Å²) in [5.41, 5.74) is 3.93. The van der Waals surface area contributed by atoms with Gasteiger partial charge in [0.05, 0.1) is 22.7 Å². The van der Waals surface area contributed by atoms with Crippen LogP contribution in [0.2, 0.25) is 0 Å². The van der Waals surface area contributed by atoms with Crippen LogP contribution < -0.4 is 19.6 Å². The van der Waals surface area contributed by atoms with Gasteiger partial charge >= 0.3 is 0 Å². The molecule has 6 heterocycles. The van der Waals surface area contributed by atoms with Crippen LogP contribution in [0, 0.1) is 27.7 Å². The predicted molar refractivity (Wildman–Crippen MR) is 176 cm³/mol. The van der Waals surface area contributed by atoms with Crippen LogP contribution in [0.1, 0.15) is 23.3 Å². The summed E-state index contributed by atoms with van der Waals surface area (Å²) in [4.78, 5) is 46.6. The molecule has 2 aliphatic rings. The molecule has 0 N–H and O–H groups in total. The number of anilines is 8. The topological polar surface area (TPSA) is 116 Å². The monoisotopic (exact) mass is 606 g/mol. The minimum Gasteiger partial charge on any atom is -0.299 e. The highest BCUT2D eigenvalue weighted by Crippen LogP contribution is 2.54. The number of hydrogen-bond acceptors (Lipinski definition) is 12. The molecule has 12 heteroatoms. The summed E-state index contributed by atoms with van der Waals surface area (Å²) in [5.74, 6) is 5.72. The van der Waals surface area contributed by atoms with Crippen molar-refractivity contribution in [1.29, 1.82) is 0 Å². The minimum atomic E-state index is -0.445. The molecule has 46 heavy (non-hydrogen) atoms. The summed E-state index contributed by atoms with van der Waals surface area (Å²) in [6.07, 6.45) is 6.31. The zero-order valence-corrected chi connectivity index (χ0v) is 25.8. The van der Waals surface area contributed by atoms with Crippen LogP contribution in [0.4, 0.5) is 46.0 Å². The Morgan fingerprint density at radius 3 is 0.826 bits per heavy atom. The van der Waals surface area contributed by atoms with Gasteiger partial charge in [0.1, 0.15) is 46.6 Å². The second-order valence-corrected chi connectivity index (χ2v) is 11.1. The molecule has 0 bridgehead atoms. The van der Waals surface area contributed by atoms with Crippen molar-refractivity contribution >= 4 is 46.0 Å². The number of aryl methyl sites for hydroxylation is 4. The largest absolute Gasteiger partial charge is 0.299 e. The molecule has 226 valence electrons. The van der Waals surface area contributed by atoms with Crippen molar-refractivity contribution in [2.75, 3.05) is 19.6 Å². The lowest BCUT2D eigenvalue weighted by Crippen LogP contribution is -2.58. The molecule has 12 nitrogen and oxygen atoms in total. The van der Waals surface area contributed by atoms with Crippen LogP contribution in [0.3, 0.4) is 0 Å². The van der Waals surface area contributed by atoms with Gasteiger partial charge in [-0.25, -0.2) is 39.9 Å². The van der Waals surface area contributed by atoms with Crippen molar-refractivity contribution < 1.29 is 0 Å².